The first-order valence-electron chi connectivity index (χ1n) is 5.90. The number of hydrogen-bond donors (Lipinski definition) is 2. The zero-order chi connectivity index (χ0) is 15.2. The van der Waals surface area contributed by atoms with Crippen molar-refractivity contribution in [2.45, 2.75) is 6.61 Å². The molecule has 2 aromatic rings. The maximum atomic E-state index is 11.8. The van der Waals surface area contributed by atoms with E-state index in [0.29, 0.717) is 5.76 Å². The fraction of sp³-hybridized carbons (Fsp3) is 0.154. The Morgan fingerprint density at radius 2 is 2.00 bits per heavy atom. The second kappa shape index (κ2) is 6.87. The van der Waals surface area contributed by atoms with E-state index >= 15 is 0 Å². The van der Waals surface area contributed by atoms with Crippen molar-refractivity contribution in [3.05, 3.63) is 52.7 Å². The van der Waals surface area contributed by atoms with Crippen molar-refractivity contribution in [2.75, 3.05) is 7.11 Å². The fourth-order valence-corrected chi connectivity index (χ4v) is 1.59. The molecule has 2 aromatic heterocycles. The number of amides is 2. The quantitative estimate of drug-likeness (QED) is 0.660. The Morgan fingerprint density at radius 1 is 1.24 bits per heavy atom. The molecule has 0 saturated heterocycles. The Bertz CT molecular complexity index is 639. The molecule has 110 valence electrons. The number of rotatable bonds is 4. The van der Waals surface area contributed by atoms with Crippen LogP contribution in [-0.2, 0) is 11.3 Å². The van der Waals surface area contributed by atoms with Crippen LogP contribution in [0.2, 0.25) is 5.15 Å². The molecule has 0 aromatic carbocycles. The Morgan fingerprint density at radius 3 is 2.67 bits per heavy atom. The van der Waals surface area contributed by atoms with Gasteiger partial charge in [0.25, 0.3) is 5.91 Å². The van der Waals surface area contributed by atoms with Crippen LogP contribution < -0.4 is 10.9 Å². The molecule has 0 aliphatic heterocycles. The number of nitrogens with one attached hydrogen (secondary N) is 2. The molecule has 2 heterocycles. The van der Waals surface area contributed by atoms with E-state index in [4.69, 9.17) is 20.8 Å². The normalized spacial score (nSPS) is 10.2. The standard InChI is InChI=1S/C13H12ClN3O4/c1-20-7-9-3-4-10(21-9)13(19)17-16-12(18)8-2-5-11(14)15-6-8/h2-6H,7H2,1H3,(H,16,18)(H,17,19). The highest BCUT2D eigenvalue weighted by Gasteiger charge is 2.13. The highest BCUT2D eigenvalue weighted by molar-refractivity contribution is 6.29. The van der Waals surface area contributed by atoms with Crippen molar-refractivity contribution in [1.82, 2.24) is 15.8 Å². The van der Waals surface area contributed by atoms with Crippen molar-refractivity contribution >= 4 is 23.4 Å². The van der Waals surface area contributed by atoms with Gasteiger partial charge >= 0.3 is 5.91 Å². The summed E-state index contributed by atoms with van der Waals surface area (Å²) < 4.78 is 10.1. The Kier molecular flexibility index (Phi) is 4.91. The predicted molar refractivity (Wildman–Crippen MR) is 73.6 cm³/mol. The Balaban J connectivity index is 1.90. The Labute approximate surface area is 125 Å². The van der Waals surface area contributed by atoms with E-state index in [0.717, 1.165) is 0 Å². The van der Waals surface area contributed by atoms with Crippen LogP contribution >= 0.6 is 11.6 Å². The van der Waals surface area contributed by atoms with Crippen LogP contribution in [0.4, 0.5) is 0 Å². The predicted octanol–water partition coefficient (Wildman–Crippen LogP) is 1.55. The van der Waals surface area contributed by atoms with Gasteiger partial charge in [-0.1, -0.05) is 11.6 Å². The van der Waals surface area contributed by atoms with Gasteiger partial charge in [-0.15, -0.1) is 0 Å². The van der Waals surface area contributed by atoms with Crippen LogP contribution in [0.25, 0.3) is 0 Å². The molecule has 0 bridgehead atoms. The zero-order valence-corrected chi connectivity index (χ0v) is 11.8. The van der Waals surface area contributed by atoms with Gasteiger partial charge in [-0.3, -0.25) is 20.4 Å². The van der Waals surface area contributed by atoms with Gasteiger partial charge in [-0.2, -0.15) is 0 Å². The smallest absolute Gasteiger partial charge is 0.305 e. The second-order valence-corrected chi connectivity index (χ2v) is 4.36. The molecule has 0 spiro atoms. The van der Waals surface area contributed by atoms with Gasteiger partial charge in [0.2, 0.25) is 0 Å². The summed E-state index contributed by atoms with van der Waals surface area (Å²) in [7, 11) is 1.52. The first kappa shape index (κ1) is 15.0. The maximum Gasteiger partial charge on any atom is 0.305 e. The maximum absolute atomic E-state index is 11.8. The van der Waals surface area contributed by atoms with E-state index in [1.807, 2.05) is 0 Å². The lowest BCUT2D eigenvalue weighted by Crippen LogP contribution is -2.41. The molecular formula is C13H12ClN3O4. The first-order chi connectivity index (χ1) is 10.1. The highest BCUT2D eigenvalue weighted by atomic mass is 35.5. The molecule has 0 fully saturated rings. The summed E-state index contributed by atoms with van der Waals surface area (Å²) in [5, 5.41) is 0.275. The third-order valence-corrected chi connectivity index (χ3v) is 2.67. The van der Waals surface area contributed by atoms with E-state index in [1.54, 1.807) is 6.07 Å². The minimum Gasteiger partial charge on any atom is -0.453 e. The van der Waals surface area contributed by atoms with Crippen molar-refractivity contribution in [3.8, 4) is 0 Å². The van der Waals surface area contributed by atoms with Crippen LogP contribution in [-0.4, -0.2) is 23.9 Å². The summed E-state index contributed by atoms with van der Waals surface area (Å²) >= 11 is 5.62. The van der Waals surface area contributed by atoms with Crippen molar-refractivity contribution in [3.63, 3.8) is 0 Å². The van der Waals surface area contributed by atoms with Crippen LogP contribution in [0, 0.1) is 0 Å². The van der Waals surface area contributed by atoms with Crippen LogP contribution in [0.3, 0.4) is 0 Å². The molecule has 0 atom stereocenters. The Hall–Kier alpha value is -2.38. The minimum atomic E-state index is -0.576. The molecule has 0 radical (unpaired) electrons. The molecule has 0 aliphatic rings. The fourth-order valence-electron chi connectivity index (χ4n) is 1.48. The lowest BCUT2D eigenvalue weighted by atomic mass is 10.3. The number of aromatic nitrogens is 1. The van der Waals surface area contributed by atoms with Gasteiger partial charge in [0.15, 0.2) is 5.76 Å². The summed E-state index contributed by atoms with van der Waals surface area (Å²) in [5.41, 5.74) is 4.74. The monoisotopic (exact) mass is 309 g/mol. The van der Waals surface area contributed by atoms with Crippen molar-refractivity contribution in [2.24, 2.45) is 0 Å². The van der Waals surface area contributed by atoms with Crippen LogP contribution in [0.5, 0.6) is 0 Å². The van der Waals surface area contributed by atoms with Gasteiger partial charge in [0, 0.05) is 13.3 Å². The summed E-state index contributed by atoms with van der Waals surface area (Å²) in [5.74, 6) is -0.517. The van der Waals surface area contributed by atoms with Crippen molar-refractivity contribution in [1.29, 1.82) is 0 Å². The summed E-state index contributed by atoms with van der Waals surface area (Å²) in [6.07, 6.45) is 1.30. The summed E-state index contributed by atoms with van der Waals surface area (Å²) in [4.78, 5) is 27.3. The number of methoxy groups -OCH3 is 1. The zero-order valence-electron chi connectivity index (χ0n) is 11.1. The number of carbonyl (C=O) groups excluding carboxylic acids is 2. The van der Waals surface area contributed by atoms with E-state index in [2.05, 4.69) is 15.8 Å². The van der Waals surface area contributed by atoms with E-state index in [9.17, 15) is 9.59 Å². The SMILES string of the molecule is COCc1ccc(C(=O)NNC(=O)c2ccc(Cl)nc2)o1. The van der Waals surface area contributed by atoms with E-state index < -0.39 is 11.8 Å². The largest absolute Gasteiger partial charge is 0.453 e. The van der Waals surface area contributed by atoms with E-state index in [-0.39, 0.29) is 23.1 Å². The number of furan rings is 1. The van der Waals surface area contributed by atoms with Gasteiger partial charge in [-0.25, -0.2) is 4.98 Å². The number of hydrogen-bond acceptors (Lipinski definition) is 5. The summed E-state index contributed by atoms with van der Waals surface area (Å²) in [6.45, 7) is 0.260. The van der Waals surface area contributed by atoms with Crippen molar-refractivity contribution < 1.29 is 18.7 Å². The number of ether oxygens (including phenoxy) is 1. The van der Waals surface area contributed by atoms with E-state index in [1.165, 1.54) is 31.5 Å². The van der Waals surface area contributed by atoms with Gasteiger partial charge in [0.1, 0.15) is 17.5 Å². The molecule has 2 rings (SSSR count). The molecule has 0 saturated carbocycles. The number of pyridine rings is 1. The highest BCUT2D eigenvalue weighted by Crippen LogP contribution is 2.08. The number of carbonyl (C=O) groups is 2. The molecule has 2 amide bonds. The molecule has 0 aliphatic carbocycles. The second-order valence-electron chi connectivity index (χ2n) is 3.98. The van der Waals surface area contributed by atoms with Crippen LogP contribution in [0.1, 0.15) is 26.7 Å². The van der Waals surface area contributed by atoms with Crippen LogP contribution in [0.15, 0.2) is 34.9 Å². The third-order valence-electron chi connectivity index (χ3n) is 2.45. The molecule has 21 heavy (non-hydrogen) atoms. The number of hydrazine groups is 1. The van der Waals surface area contributed by atoms with Gasteiger partial charge in [0.05, 0.1) is 5.56 Å². The van der Waals surface area contributed by atoms with Gasteiger partial charge < -0.3 is 9.15 Å². The van der Waals surface area contributed by atoms with Gasteiger partial charge in [-0.05, 0) is 24.3 Å². The molecule has 2 N–H and O–H groups in total. The molecule has 7 nitrogen and oxygen atoms in total. The number of halogens is 1. The molecular weight excluding hydrogens is 298 g/mol. The average molecular weight is 310 g/mol. The topological polar surface area (TPSA) is 93.5 Å². The molecule has 8 heteroatoms. The minimum absolute atomic E-state index is 0.0663. The lowest BCUT2D eigenvalue weighted by Gasteiger charge is -2.05. The molecule has 0 unspecified atom stereocenters. The third kappa shape index (κ3) is 4.04. The lowest BCUT2D eigenvalue weighted by molar-refractivity contribution is 0.0826. The first-order valence-corrected chi connectivity index (χ1v) is 6.28. The summed E-state index contributed by atoms with van der Waals surface area (Å²) in [6, 6.07) is 6.06. The number of nitrogens with zero attached hydrogens (tertiary/aromatic N) is 1. The average Bonchev–Trinajstić information content (AvgIpc) is 2.94.